The molecule has 1 aromatic carbocycles. The number of halogens is 1. The minimum absolute atomic E-state index is 0.0501. The summed E-state index contributed by atoms with van der Waals surface area (Å²) in [6.45, 7) is 0.200. The highest BCUT2D eigenvalue weighted by atomic mass is 19.1. The van der Waals surface area contributed by atoms with E-state index in [0.29, 0.717) is 11.4 Å². The summed E-state index contributed by atoms with van der Waals surface area (Å²) in [5.41, 5.74) is 0.994. The number of anilines is 1. The molecule has 7 heteroatoms. The summed E-state index contributed by atoms with van der Waals surface area (Å²) in [7, 11) is 1.49. The Morgan fingerprint density at radius 3 is 3.00 bits per heavy atom. The summed E-state index contributed by atoms with van der Waals surface area (Å²) in [5, 5.41) is 14.0. The van der Waals surface area contributed by atoms with E-state index < -0.39 is 11.8 Å². The molecule has 2 N–H and O–H groups in total. The number of amides is 2. The number of benzene rings is 1. The minimum atomic E-state index is -0.539. The maximum absolute atomic E-state index is 13.0. The number of methoxy groups -OCH3 is 1. The molecule has 2 aromatic rings. The van der Waals surface area contributed by atoms with Gasteiger partial charge in [-0.2, -0.15) is 5.26 Å². The van der Waals surface area contributed by atoms with Crippen LogP contribution < -0.4 is 15.4 Å². The molecular weight excluding hydrogens is 287 g/mol. The highest BCUT2D eigenvalue weighted by molar-refractivity contribution is 5.90. The van der Waals surface area contributed by atoms with Gasteiger partial charge in [0.25, 0.3) is 0 Å². The Bertz CT molecular complexity index is 728. The van der Waals surface area contributed by atoms with Gasteiger partial charge in [-0.3, -0.25) is 0 Å². The Balaban J connectivity index is 2.01. The summed E-state index contributed by atoms with van der Waals surface area (Å²) in [6, 6.07) is 8.35. The first kappa shape index (κ1) is 15.3. The lowest BCUT2D eigenvalue weighted by molar-refractivity contribution is 0.251. The Kier molecular flexibility index (Phi) is 4.88. The Morgan fingerprint density at radius 1 is 1.45 bits per heavy atom. The number of hydrogen-bond donors (Lipinski definition) is 2. The molecule has 0 aliphatic rings. The van der Waals surface area contributed by atoms with Gasteiger partial charge in [0.15, 0.2) is 0 Å². The minimum Gasteiger partial charge on any atom is -0.481 e. The molecule has 0 unspecified atom stereocenters. The van der Waals surface area contributed by atoms with E-state index in [1.54, 1.807) is 18.3 Å². The van der Waals surface area contributed by atoms with Gasteiger partial charge in [-0.25, -0.2) is 14.2 Å². The van der Waals surface area contributed by atoms with Gasteiger partial charge in [0.1, 0.15) is 11.9 Å². The van der Waals surface area contributed by atoms with Gasteiger partial charge in [0.2, 0.25) is 5.88 Å². The molecule has 0 fully saturated rings. The van der Waals surface area contributed by atoms with Crippen molar-refractivity contribution in [1.29, 1.82) is 5.26 Å². The number of pyridine rings is 1. The van der Waals surface area contributed by atoms with Crippen LogP contribution in [0.2, 0.25) is 0 Å². The molecule has 112 valence electrons. The van der Waals surface area contributed by atoms with E-state index in [2.05, 4.69) is 15.6 Å². The fourth-order valence-electron chi connectivity index (χ4n) is 1.80. The van der Waals surface area contributed by atoms with Crippen molar-refractivity contribution >= 4 is 11.7 Å². The molecule has 0 radical (unpaired) electrons. The quantitative estimate of drug-likeness (QED) is 0.907. The molecule has 0 aliphatic heterocycles. The number of carbonyl (C=O) groups excluding carboxylic acids is 1. The first-order valence-electron chi connectivity index (χ1n) is 6.36. The summed E-state index contributed by atoms with van der Waals surface area (Å²) in [5.74, 6) is -0.120. The largest absolute Gasteiger partial charge is 0.481 e. The predicted octanol–water partition coefficient (Wildman–Crippen LogP) is 2.42. The third-order valence-corrected chi connectivity index (χ3v) is 2.83. The molecule has 1 heterocycles. The van der Waals surface area contributed by atoms with Crippen molar-refractivity contribution < 1.29 is 13.9 Å². The van der Waals surface area contributed by atoms with Crippen LogP contribution in [0.5, 0.6) is 5.88 Å². The number of aromatic nitrogens is 1. The van der Waals surface area contributed by atoms with Crippen molar-refractivity contribution in [2.24, 2.45) is 0 Å². The molecule has 0 atom stereocenters. The van der Waals surface area contributed by atoms with Gasteiger partial charge < -0.3 is 15.4 Å². The number of nitrogens with one attached hydrogen (secondary N) is 2. The van der Waals surface area contributed by atoms with Crippen LogP contribution in [0, 0.1) is 17.1 Å². The zero-order chi connectivity index (χ0) is 15.9. The highest BCUT2D eigenvalue weighted by Crippen LogP contribution is 2.16. The molecule has 1 aromatic heterocycles. The molecule has 2 rings (SSSR count). The summed E-state index contributed by atoms with van der Waals surface area (Å²) >= 11 is 0. The van der Waals surface area contributed by atoms with Crippen LogP contribution in [0.15, 0.2) is 36.5 Å². The normalized spacial score (nSPS) is 9.68. The van der Waals surface area contributed by atoms with E-state index in [0.717, 1.165) is 6.07 Å². The average molecular weight is 300 g/mol. The van der Waals surface area contributed by atoms with Crippen molar-refractivity contribution in [3.63, 3.8) is 0 Å². The second-order valence-electron chi connectivity index (χ2n) is 4.28. The first-order valence-corrected chi connectivity index (χ1v) is 6.36. The zero-order valence-corrected chi connectivity index (χ0v) is 11.8. The fraction of sp³-hybridized carbons (Fsp3) is 0.133. The van der Waals surface area contributed by atoms with Gasteiger partial charge in [-0.15, -0.1) is 0 Å². The number of nitrogens with zero attached hydrogens (tertiary/aromatic N) is 2. The molecule has 0 saturated carbocycles. The van der Waals surface area contributed by atoms with Crippen LogP contribution in [-0.4, -0.2) is 18.1 Å². The van der Waals surface area contributed by atoms with Crippen molar-refractivity contribution in [3.8, 4) is 11.9 Å². The van der Waals surface area contributed by atoms with Crippen LogP contribution in [0.1, 0.15) is 11.1 Å². The smallest absolute Gasteiger partial charge is 0.319 e. The van der Waals surface area contributed by atoms with Crippen molar-refractivity contribution in [1.82, 2.24) is 10.3 Å². The van der Waals surface area contributed by atoms with Crippen LogP contribution in [-0.2, 0) is 6.54 Å². The van der Waals surface area contributed by atoms with Crippen molar-refractivity contribution in [2.75, 3.05) is 12.4 Å². The van der Waals surface area contributed by atoms with E-state index in [4.69, 9.17) is 10.00 Å². The molecule has 2 amide bonds. The number of ether oxygens (including phenoxy) is 1. The second kappa shape index (κ2) is 7.04. The van der Waals surface area contributed by atoms with Crippen LogP contribution >= 0.6 is 0 Å². The Morgan fingerprint density at radius 2 is 2.27 bits per heavy atom. The van der Waals surface area contributed by atoms with E-state index in [1.807, 2.05) is 6.07 Å². The van der Waals surface area contributed by atoms with Crippen LogP contribution in [0.3, 0.4) is 0 Å². The van der Waals surface area contributed by atoms with Gasteiger partial charge in [0.05, 0.1) is 18.4 Å². The Labute approximate surface area is 126 Å². The second-order valence-corrected chi connectivity index (χ2v) is 4.28. The summed E-state index contributed by atoms with van der Waals surface area (Å²) in [6.07, 6.45) is 1.58. The Hall–Kier alpha value is -3.14. The number of hydrogen-bond acceptors (Lipinski definition) is 4. The molecule has 0 spiro atoms. The maximum Gasteiger partial charge on any atom is 0.319 e. The van der Waals surface area contributed by atoms with Gasteiger partial charge >= 0.3 is 6.03 Å². The SMILES string of the molecule is COc1ncccc1CNC(=O)Nc1ccc(F)cc1C#N. The lowest BCUT2D eigenvalue weighted by Crippen LogP contribution is -2.28. The number of nitriles is 1. The van der Waals surface area contributed by atoms with Crippen LogP contribution in [0.4, 0.5) is 14.9 Å². The monoisotopic (exact) mass is 300 g/mol. The molecule has 0 aliphatic carbocycles. The molecule has 0 bridgehead atoms. The van der Waals surface area contributed by atoms with Crippen molar-refractivity contribution in [3.05, 3.63) is 53.5 Å². The molecular formula is C15H13FN4O2. The maximum atomic E-state index is 13.0. The molecule has 22 heavy (non-hydrogen) atoms. The van der Waals surface area contributed by atoms with Gasteiger partial charge in [-0.1, -0.05) is 6.07 Å². The summed E-state index contributed by atoms with van der Waals surface area (Å²) in [4.78, 5) is 15.9. The van der Waals surface area contributed by atoms with Crippen molar-refractivity contribution in [2.45, 2.75) is 6.54 Å². The number of carbonyl (C=O) groups is 1. The van der Waals surface area contributed by atoms with Gasteiger partial charge in [0, 0.05) is 18.3 Å². The van der Waals surface area contributed by atoms with Gasteiger partial charge in [-0.05, 0) is 24.3 Å². The average Bonchev–Trinajstić information content (AvgIpc) is 2.54. The zero-order valence-electron chi connectivity index (χ0n) is 11.8. The van der Waals surface area contributed by atoms with E-state index >= 15 is 0 Å². The number of urea groups is 1. The van der Waals surface area contributed by atoms with E-state index in [1.165, 1.54) is 19.2 Å². The predicted molar refractivity (Wildman–Crippen MR) is 77.8 cm³/mol. The van der Waals surface area contributed by atoms with E-state index in [9.17, 15) is 9.18 Å². The van der Waals surface area contributed by atoms with Crippen LogP contribution in [0.25, 0.3) is 0 Å². The molecule has 6 nitrogen and oxygen atoms in total. The lowest BCUT2D eigenvalue weighted by atomic mass is 10.2. The summed E-state index contributed by atoms with van der Waals surface area (Å²) < 4.78 is 18.1. The standard InChI is InChI=1S/C15H13FN4O2/c1-22-14-10(3-2-6-18-14)9-19-15(21)20-13-5-4-12(16)7-11(13)8-17/h2-7H,9H2,1H3,(H2,19,20,21). The fourth-order valence-corrected chi connectivity index (χ4v) is 1.80. The number of rotatable bonds is 4. The topological polar surface area (TPSA) is 87.0 Å². The molecule has 0 saturated heterocycles. The first-order chi connectivity index (χ1) is 10.6. The lowest BCUT2D eigenvalue weighted by Gasteiger charge is -2.10. The highest BCUT2D eigenvalue weighted by Gasteiger charge is 2.09. The van der Waals surface area contributed by atoms with E-state index in [-0.39, 0.29) is 17.8 Å². The third kappa shape index (κ3) is 3.70. The third-order valence-electron chi connectivity index (χ3n) is 2.83.